The molecule has 0 amide bonds. The summed E-state index contributed by atoms with van der Waals surface area (Å²) in [7, 11) is 0. The van der Waals surface area contributed by atoms with E-state index in [4.69, 9.17) is 0 Å². The highest BCUT2D eigenvalue weighted by atomic mass is 32.1. The molecule has 0 unspecified atom stereocenters. The maximum absolute atomic E-state index is 11.1. The van der Waals surface area contributed by atoms with Gasteiger partial charge in [0.05, 0.1) is 0 Å². The van der Waals surface area contributed by atoms with Crippen molar-refractivity contribution in [3.05, 3.63) is 33.4 Å². The van der Waals surface area contributed by atoms with Crippen LogP contribution in [-0.4, -0.2) is 17.7 Å². The first-order valence-electron chi connectivity index (χ1n) is 4.25. The van der Waals surface area contributed by atoms with E-state index >= 15 is 0 Å². The van der Waals surface area contributed by atoms with Crippen LogP contribution in [0.1, 0.15) is 6.92 Å². The third kappa shape index (κ3) is 3.16. The molecule has 0 spiro atoms. The lowest BCUT2D eigenvalue weighted by Crippen LogP contribution is -2.21. The fourth-order valence-corrected chi connectivity index (χ4v) is 1.59. The molecule has 0 aliphatic heterocycles. The second-order valence-corrected chi connectivity index (χ2v) is 3.68. The number of nitrogens with zero attached hydrogens (tertiary/aromatic N) is 1. The van der Waals surface area contributed by atoms with Crippen LogP contribution in [0.2, 0.25) is 0 Å². The van der Waals surface area contributed by atoms with Crippen molar-refractivity contribution in [2.45, 2.75) is 13.5 Å². The van der Waals surface area contributed by atoms with E-state index in [9.17, 15) is 4.79 Å². The van der Waals surface area contributed by atoms with E-state index in [0.717, 1.165) is 18.7 Å². The molecule has 0 radical (unpaired) electrons. The van der Waals surface area contributed by atoms with Gasteiger partial charge < -0.3 is 9.88 Å². The van der Waals surface area contributed by atoms with Gasteiger partial charge in [-0.15, -0.1) is 0 Å². The van der Waals surface area contributed by atoms with Crippen molar-refractivity contribution >= 4 is 11.3 Å². The first kappa shape index (κ1) is 10.2. The van der Waals surface area contributed by atoms with Gasteiger partial charge >= 0.3 is 4.87 Å². The highest BCUT2D eigenvalue weighted by Gasteiger charge is 1.98. The van der Waals surface area contributed by atoms with Gasteiger partial charge in [-0.05, 0) is 12.1 Å². The Kier molecular flexibility index (Phi) is 3.92. The van der Waals surface area contributed by atoms with E-state index in [1.54, 1.807) is 16.1 Å². The molecule has 4 heteroatoms. The van der Waals surface area contributed by atoms with Crippen molar-refractivity contribution in [1.82, 2.24) is 9.88 Å². The van der Waals surface area contributed by atoms with Crippen LogP contribution < -0.4 is 10.2 Å². The Morgan fingerprint density at radius 1 is 1.77 bits per heavy atom. The van der Waals surface area contributed by atoms with Gasteiger partial charge in [0.25, 0.3) is 0 Å². The number of hydrogen-bond donors (Lipinski definition) is 1. The maximum atomic E-state index is 11.1. The van der Waals surface area contributed by atoms with Crippen molar-refractivity contribution in [1.29, 1.82) is 0 Å². The SMILES string of the molecule is C=C(CNCC)Cn1ccsc1=O. The first-order chi connectivity index (χ1) is 6.24. The Bertz CT molecular complexity index is 326. The summed E-state index contributed by atoms with van der Waals surface area (Å²) in [6.45, 7) is 8.26. The van der Waals surface area contributed by atoms with Gasteiger partial charge in [0, 0.05) is 24.7 Å². The molecule has 72 valence electrons. The van der Waals surface area contributed by atoms with Crippen LogP contribution in [0.25, 0.3) is 0 Å². The minimum absolute atomic E-state index is 0.0812. The zero-order chi connectivity index (χ0) is 9.68. The van der Waals surface area contributed by atoms with E-state index < -0.39 is 0 Å². The van der Waals surface area contributed by atoms with E-state index in [-0.39, 0.29) is 4.87 Å². The Morgan fingerprint density at radius 3 is 3.08 bits per heavy atom. The van der Waals surface area contributed by atoms with Crippen molar-refractivity contribution in [3.8, 4) is 0 Å². The average Bonchev–Trinajstić information content (AvgIpc) is 2.48. The first-order valence-corrected chi connectivity index (χ1v) is 5.13. The average molecular weight is 198 g/mol. The smallest absolute Gasteiger partial charge is 0.307 e. The Hall–Kier alpha value is -0.870. The minimum Gasteiger partial charge on any atom is -0.313 e. The molecule has 0 fully saturated rings. The van der Waals surface area contributed by atoms with Crippen LogP contribution in [0.15, 0.2) is 28.5 Å². The fourth-order valence-electron chi connectivity index (χ4n) is 1.01. The predicted octanol–water partition coefficient (Wildman–Crippen LogP) is 1.08. The summed E-state index contributed by atoms with van der Waals surface area (Å²) in [5.74, 6) is 0. The van der Waals surface area contributed by atoms with Crippen LogP contribution in [0.5, 0.6) is 0 Å². The Morgan fingerprint density at radius 2 is 2.54 bits per heavy atom. The van der Waals surface area contributed by atoms with Crippen LogP contribution in [0, 0.1) is 0 Å². The van der Waals surface area contributed by atoms with E-state index in [0.29, 0.717) is 6.54 Å². The minimum atomic E-state index is 0.0812. The molecule has 0 atom stereocenters. The van der Waals surface area contributed by atoms with Gasteiger partial charge in [-0.25, -0.2) is 0 Å². The molecule has 0 saturated heterocycles. The van der Waals surface area contributed by atoms with Gasteiger partial charge in [0.2, 0.25) is 0 Å². The standard InChI is InChI=1S/C9H14N2OS/c1-3-10-6-8(2)7-11-4-5-13-9(11)12/h4-5,10H,2-3,6-7H2,1H3. The molecule has 3 nitrogen and oxygen atoms in total. The third-order valence-corrected chi connectivity index (χ3v) is 2.36. The van der Waals surface area contributed by atoms with Crippen LogP contribution in [0.3, 0.4) is 0 Å². The molecular formula is C9H14N2OS. The largest absolute Gasteiger partial charge is 0.313 e. The van der Waals surface area contributed by atoms with Gasteiger partial charge in [0.15, 0.2) is 0 Å². The number of hydrogen-bond acceptors (Lipinski definition) is 3. The molecule has 0 saturated carbocycles. The van der Waals surface area contributed by atoms with E-state index in [1.807, 2.05) is 6.92 Å². The topological polar surface area (TPSA) is 34.0 Å². The second-order valence-electron chi connectivity index (χ2n) is 2.83. The van der Waals surface area contributed by atoms with E-state index in [1.165, 1.54) is 11.3 Å². The molecule has 0 bridgehead atoms. The van der Waals surface area contributed by atoms with Crippen LogP contribution in [0.4, 0.5) is 0 Å². The Labute approximate surface area is 81.7 Å². The number of aromatic nitrogens is 1. The zero-order valence-electron chi connectivity index (χ0n) is 7.75. The molecule has 0 aromatic carbocycles. The molecule has 1 N–H and O–H groups in total. The van der Waals surface area contributed by atoms with Crippen molar-refractivity contribution in [2.75, 3.05) is 13.1 Å². The van der Waals surface area contributed by atoms with Crippen molar-refractivity contribution in [2.24, 2.45) is 0 Å². The summed E-state index contributed by atoms with van der Waals surface area (Å²) in [5.41, 5.74) is 1.03. The van der Waals surface area contributed by atoms with Gasteiger partial charge in [-0.2, -0.15) is 0 Å². The Balaban J connectivity index is 2.46. The molecule has 1 aromatic heterocycles. The monoisotopic (exact) mass is 198 g/mol. The molecule has 1 heterocycles. The molecule has 1 aromatic rings. The number of likely N-dealkylation sites (N-methyl/N-ethyl adjacent to an activating group) is 1. The molecular weight excluding hydrogens is 184 g/mol. The quantitative estimate of drug-likeness (QED) is 0.718. The van der Waals surface area contributed by atoms with Gasteiger partial charge in [0.1, 0.15) is 0 Å². The van der Waals surface area contributed by atoms with Crippen LogP contribution >= 0.6 is 11.3 Å². The third-order valence-electron chi connectivity index (χ3n) is 1.66. The summed E-state index contributed by atoms with van der Waals surface area (Å²) in [6, 6.07) is 0. The lowest BCUT2D eigenvalue weighted by molar-refractivity contribution is 0.698. The maximum Gasteiger partial charge on any atom is 0.307 e. The highest BCUT2D eigenvalue weighted by molar-refractivity contribution is 7.07. The highest BCUT2D eigenvalue weighted by Crippen LogP contribution is 1.95. The number of rotatable bonds is 5. The summed E-state index contributed by atoms with van der Waals surface area (Å²) >= 11 is 1.22. The van der Waals surface area contributed by atoms with Gasteiger partial charge in [-0.1, -0.05) is 24.8 Å². The molecule has 1 rings (SSSR count). The molecule has 0 aliphatic rings. The van der Waals surface area contributed by atoms with Crippen LogP contribution in [-0.2, 0) is 6.54 Å². The van der Waals surface area contributed by atoms with Gasteiger partial charge in [-0.3, -0.25) is 4.79 Å². The number of nitrogens with one attached hydrogen (secondary N) is 1. The number of thiazole rings is 1. The molecule has 0 aliphatic carbocycles. The zero-order valence-corrected chi connectivity index (χ0v) is 8.56. The summed E-state index contributed by atoms with van der Waals surface area (Å²) in [6.07, 6.45) is 1.80. The normalized spacial score (nSPS) is 10.2. The predicted molar refractivity (Wildman–Crippen MR) is 56.3 cm³/mol. The van der Waals surface area contributed by atoms with Crippen molar-refractivity contribution in [3.63, 3.8) is 0 Å². The summed E-state index contributed by atoms with van der Waals surface area (Å²) in [5, 5.41) is 4.96. The second kappa shape index (κ2) is 4.99. The molecule has 13 heavy (non-hydrogen) atoms. The van der Waals surface area contributed by atoms with E-state index in [2.05, 4.69) is 11.9 Å². The lowest BCUT2D eigenvalue weighted by atomic mass is 10.3. The van der Waals surface area contributed by atoms with Crippen molar-refractivity contribution < 1.29 is 0 Å². The lowest BCUT2D eigenvalue weighted by Gasteiger charge is -2.05. The fraction of sp³-hybridized carbons (Fsp3) is 0.444. The summed E-state index contributed by atoms with van der Waals surface area (Å²) < 4.78 is 1.67. The summed E-state index contributed by atoms with van der Waals surface area (Å²) in [4.78, 5) is 11.2.